The van der Waals surface area contributed by atoms with E-state index in [0.29, 0.717) is 4.88 Å². The van der Waals surface area contributed by atoms with E-state index in [4.69, 9.17) is 5.11 Å². The lowest BCUT2D eigenvalue weighted by atomic mass is 10.2. The third kappa shape index (κ3) is 1.83. The van der Waals surface area contributed by atoms with E-state index in [-0.39, 0.29) is 0 Å². The molecule has 0 aliphatic carbocycles. The second kappa shape index (κ2) is 3.94. The number of carboxylic acids is 1. The van der Waals surface area contributed by atoms with Crippen LogP contribution in [0, 0.1) is 0 Å². The Kier molecular flexibility index (Phi) is 2.42. The third-order valence-corrected chi connectivity index (χ3v) is 4.35. The zero-order valence-electron chi connectivity index (χ0n) is 8.58. The highest BCUT2D eigenvalue weighted by Crippen LogP contribution is 2.31. The first-order valence-electron chi connectivity index (χ1n) is 4.91. The summed E-state index contributed by atoms with van der Waals surface area (Å²) in [7, 11) is 0. The number of hydrogen-bond donors (Lipinski definition) is 1. The van der Waals surface area contributed by atoms with E-state index < -0.39 is 5.97 Å². The van der Waals surface area contributed by atoms with Crippen molar-refractivity contribution in [1.29, 1.82) is 0 Å². The summed E-state index contributed by atoms with van der Waals surface area (Å²) in [6.45, 7) is 0. The van der Waals surface area contributed by atoms with Crippen LogP contribution in [0.1, 0.15) is 9.67 Å². The lowest BCUT2D eigenvalue weighted by Gasteiger charge is -1.96. The first-order valence-corrected chi connectivity index (χ1v) is 6.60. The second-order valence-corrected chi connectivity index (χ2v) is 5.47. The Hall–Kier alpha value is -1.72. The minimum Gasteiger partial charge on any atom is -0.477 e. The van der Waals surface area contributed by atoms with Crippen molar-refractivity contribution < 1.29 is 9.90 Å². The topological polar surface area (TPSA) is 50.2 Å². The van der Waals surface area contributed by atoms with E-state index in [9.17, 15) is 4.79 Å². The van der Waals surface area contributed by atoms with Gasteiger partial charge in [0.1, 0.15) is 4.88 Å². The van der Waals surface area contributed by atoms with Gasteiger partial charge in [-0.25, -0.2) is 9.78 Å². The number of carbonyl (C=O) groups is 1. The zero-order chi connectivity index (χ0) is 11.8. The van der Waals surface area contributed by atoms with Crippen LogP contribution in [0.3, 0.4) is 0 Å². The Morgan fingerprint density at radius 2 is 2.12 bits per heavy atom. The largest absolute Gasteiger partial charge is 0.477 e. The van der Waals surface area contributed by atoms with Crippen molar-refractivity contribution in [2.75, 3.05) is 0 Å². The van der Waals surface area contributed by atoms with Gasteiger partial charge in [-0.15, -0.1) is 22.7 Å². The van der Waals surface area contributed by atoms with Gasteiger partial charge in [0, 0.05) is 4.88 Å². The van der Waals surface area contributed by atoms with E-state index in [0.717, 1.165) is 20.7 Å². The summed E-state index contributed by atoms with van der Waals surface area (Å²) in [5.74, 6) is -0.875. The van der Waals surface area contributed by atoms with Crippen molar-refractivity contribution in [3.05, 3.63) is 40.7 Å². The smallest absolute Gasteiger partial charge is 0.345 e. The maximum absolute atomic E-state index is 10.8. The Labute approximate surface area is 105 Å². The highest BCUT2D eigenvalue weighted by atomic mass is 32.1. The normalized spacial score (nSPS) is 10.8. The van der Waals surface area contributed by atoms with Crippen LogP contribution < -0.4 is 0 Å². The number of nitrogens with zero attached hydrogens (tertiary/aromatic N) is 1. The van der Waals surface area contributed by atoms with Crippen molar-refractivity contribution in [2.45, 2.75) is 0 Å². The predicted molar refractivity (Wildman–Crippen MR) is 69.9 cm³/mol. The molecule has 0 fully saturated rings. The Morgan fingerprint density at radius 3 is 2.88 bits per heavy atom. The average molecular weight is 261 g/mol. The second-order valence-electron chi connectivity index (χ2n) is 3.50. The monoisotopic (exact) mass is 261 g/mol. The molecule has 3 rings (SSSR count). The Balaban J connectivity index is 2.09. The molecule has 0 aliphatic rings. The summed E-state index contributed by atoms with van der Waals surface area (Å²) in [6, 6.07) is 9.46. The molecule has 0 spiro atoms. The molecular weight excluding hydrogens is 254 g/mol. The van der Waals surface area contributed by atoms with Crippen LogP contribution in [0.15, 0.2) is 35.8 Å². The lowest BCUT2D eigenvalue weighted by Crippen LogP contribution is -1.89. The maximum atomic E-state index is 10.8. The molecule has 2 heterocycles. The van der Waals surface area contributed by atoms with Gasteiger partial charge in [0.25, 0.3) is 0 Å². The van der Waals surface area contributed by atoms with E-state index in [1.807, 2.05) is 29.8 Å². The van der Waals surface area contributed by atoms with E-state index in [2.05, 4.69) is 4.98 Å². The van der Waals surface area contributed by atoms with Gasteiger partial charge in [0.2, 0.25) is 0 Å². The molecule has 0 radical (unpaired) electrons. The Morgan fingerprint density at radius 1 is 1.24 bits per heavy atom. The van der Waals surface area contributed by atoms with Crippen LogP contribution in [0.2, 0.25) is 0 Å². The number of thiazole rings is 1. The summed E-state index contributed by atoms with van der Waals surface area (Å²) in [6.07, 6.45) is 0. The number of carboxylic acid groups (broad SMARTS) is 1. The quantitative estimate of drug-likeness (QED) is 0.764. The molecule has 0 aliphatic heterocycles. The number of benzene rings is 1. The van der Waals surface area contributed by atoms with Crippen molar-refractivity contribution in [1.82, 2.24) is 4.98 Å². The molecule has 0 amide bonds. The lowest BCUT2D eigenvalue weighted by molar-refractivity contribution is 0.0702. The molecule has 3 aromatic rings. The third-order valence-electron chi connectivity index (χ3n) is 2.43. The standard InChI is InChI=1S/C12H7NO2S2/c14-12(15)10-4-3-9(17-10)7-1-2-8-11(5-7)16-6-13-8/h1-6H,(H,14,15). The summed E-state index contributed by atoms with van der Waals surface area (Å²) < 4.78 is 1.12. The summed E-state index contributed by atoms with van der Waals surface area (Å²) in [4.78, 5) is 16.4. The van der Waals surface area contributed by atoms with Gasteiger partial charge in [-0.2, -0.15) is 0 Å². The van der Waals surface area contributed by atoms with Gasteiger partial charge >= 0.3 is 5.97 Å². The van der Waals surface area contributed by atoms with Gasteiger partial charge < -0.3 is 5.11 Å². The van der Waals surface area contributed by atoms with Crippen LogP contribution >= 0.6 is 22.7 Å². The van der Waals surface area contributed by atoms with Crippen molar-refractivity contribution in [2.24, 2.45) is 0 Å². The van der Waals surface area contributed by atoms with E-state index in [1.54, 1.807) is 17.4 Å². The van der Waals surface area contributed by atoms with Crippen LogP contribution in [0.4, 0.5) is 0 Å². The highest BCUT2D eigenvalue weighted by Gasteiger charge is 2.09. The number of rotatable bonds is 2. The molecule has 0 unspecified atom stereocenters. The van der Waals surface area contributed by atoms with Crippen LogP contribution in [-0.2, 0) is 0 Å². The van der Waals surface area contributed by atoms with Gasteiger partial charge in [0.05, 0.1) is 15.7 Å². The molecule has 1 aromatic carbocycles. The molecule has 5 heteroatoms. The fourth-order valence-electron chi connectivity index (χ4n) is 1.62. The molecule has 1 N–H and O–H groups in total. The van der Waals surface area contributed by atoms with Crippen LogP contribution in [-0.4, -0.2) is 16.1 Å². The van der Waals surface area contributed by atoms with Crippen LogP contribution in [0.25, 0.3) is 20.7 Å². The molecule has 0 saturated heterocycles. The van der Waals surface area contributed by atoms with Gasteiger partial charge in [-0.3, -0.25) is 0 Å². The van der Waals surface area contributed by atoms with Crippen molar-refractivity contribution in [3.8, 4) is 10.4 Å². The molecule has 0 atom stereocenters. The van der Waals surface area contributed by atoms with Crippen molar-refractivity contribution >= 4 is 38.9 Å². The van der Waals surface area contributed by atoms with Gasteiger partial charge in [-0.05, 0) is 29.8 Å². The number of aromatic nitrogens is 1. The van der Waals surface area contributed by atoms with E-state index in [1.165, 1.54) is 11.3 Å². The number of fused-ring (bicyclic) bond motifs is 1. The molecule has 84 valence electrons. The average Bonchev–Trinajstić information content (AvgIpc) is 2.97. The molecular formula is C12H7NO2S2. The van der Waals surface area contributed by atoms with Gasteiger partial charge in [-0.1, -0.05) is 6.07 Å². The predicted octanol–water partition coefficient (Wildman–Crippen LogP) is 3.72. The first-order chi connectivity index (χ1) is 8.24. The highest BCUT2D eigenvalue weighted by molar-refractivity contribution is 7.17. The first kappa shape index (κ1) is 10.4. The molecule has 0 saturated carbocycles. The number of hydrogen-bond acceptors (Lipinski definition) is 4. The summed E-state index contributed by atoms with van der Waals surface area (Å²) >= 11 is 2.88. The SMILES string of the molecule is O=C(O)c1ccc(-c2ccc3ncsc3c2)s1. The molecule has 3 nitrogen and oxygen atoms in total. The van der Waals surface area contributed by atoms with E-state index >= 15 is 0 Å². The van der Waals surface area contributed by atoms with Crippen molar-refractivity contribution in [3.63, 3.8) is 0 Å². The Bertz CT molecular complexity index is 699. The summed E-state index contributed by atoms with van der Waals surface area (Å²) in [5.41, 5.74) is 3.83. The molecule has 2 aromatic heterocycles. The number of aromatic carboxylic acids is 1. The fourth-order valence-corrected chi connectivity index (χ4v) is 3.17. The van der Waals surface area contributed by atoms with Gasteiger partial charge in [0.15, 0.2) is 0 Å². The molecule has 17 heavy (non-hydrogen) atoms. The fraction of sp³-hybridized carbons (Fsp3) is 0. The number of thiophene rings is 1. The summed E-state index contributed by atoms with van der Waals surface area (Å²) in [5, 5.41) is 8.89. The van der Waals surface area contributed by atoms with Crippen LogP contribution in [0.5, 0.6) is 0 Å². The zero-order valence-corrected chi connectivity index (χ0v) is 10.2. The molecule has 0 bridgehead atoms. The minimum absolute atomic E-state index is 0.365. The maximum Gasteiger partial charge on any atom is 0.345 e. The minimum atomic E-state index is -0.875.